The number of anilines is 1. The van der Waals surface area contributed by atoms with Crippen molar-refractivity contribution in [2.24, 2.45) is 0 Å². The number of nitrogens with zero attached hydrogens (tertiary/aromatic N) is 1. The number of methoxy groups -OCH3 is 2. The van der Waals surface area contributed by atoms with Crippen molar-refractivity contribution in [3.8, 4) is 11.5 Å². The molecule has 0 bridgehead atoms. The predicted octanol–water partition coefficient (Wildman–Crippen LogP) is 1.98. The van der Waals surface area contributed by atoms with E-state index in [9.17, 15) is 9.59 Å². The fraction of sp³-hybridized carbons (Fsp3) is 0.312. The quantitative estimate of drug-likeness (QED) is 0.649. The molecule has 0 saturated carbocycles. The Hall–Kier alpha value is -2.48. The van der Waals surface area contributed by atoms with Crippen LogP contribution in [0.2, 0.25) is 0 Å². The van der Waals surface area contributed by atoms with Gasteiger partial charge < -0.3 is 19.8 Å². The molecule has 3 rings (SSSR count). The highest BCUT2D eigenvalue weighted by Gasteiger charge is 2.32. The van der Waals surface area contributed by atoms with Crippen LogP contribution in [0.4, 0.5) is 5.82 Å². The van der Waals surface area contributed by atoms with Gasteiger partial charge in [0.15, 0.2) is 5.16 Å². The fourth-order valence-electron chi connectivity index (χ4n) is 2.82. The van der Waals surface area contributed by atoms with Crippen LogP contribution in [0.1, 0.15) is 23.5 Å². The zero-order valence-electron chi connectivity index (χ0n) is 13.5. The van der Waals surface area contributed by atoms with Gasteiger partial charge in [0.2, 0.25) is 5.91 Å². The third kappa shape index (κ3) is 2.84. The van der Waals surface area contributed by atoms with E-state index >= 15 is 0 Å². The van der Waals surface area contributed by atoms with Gasteiger partial charge in [0.05, 0.1) is 19.8 Å². The first-order valence-electron chi connectivity index (χ1n) is 7.27. The molecule has 1 aromatic carbocycles. The smallest absolute Gasteiger partial charge is 0.257 e. The minimum absolute atomic E-state index is 0.139. The van der Waals surface area contributed by atoms with Crippen LogP contribution in [0.5, 0.6) is 11.5 Å². The maximum absolute atomic E-state index is 12.6. The molecular formula is C16H17N3O4S. The van der Waals surface area contributed by atoms with Crippen LogP contribution in [0.15, 0.2) is 28.2 Å². The van der Waals surface area contributed by atoms with Gasteiger partial charge in [-0.05, 0) is 24.5 Å². The standard InChI is InChI=1S/C16H17N3O4S/c1-22-8-4-5-11(23-2)9(6-8)10-7-12(20)17-14-13(10)15(21)19-16(18-14)24-3/h4-6,10H,7H2,1-3H3,(H2,17,18,19,20,21)/t10-/m0/s1. The molecule has 126 valence electrons. The molecule has 2 N–H and O–H groups in total. The van der Waals surface area contributed by atoms with Crippen LogP contribution in [0.25, 0.3) is 0 Å². The molecule has 1 aliphatic heterocycles. The Labute approximate surface area is 142 Å². The minimum Gasteiger partial charge on any atom is -0.497 e. The van der Waals surface area contributed by atoms with E-state index in [4.69, 9.17) is 9.47 Å². The number of fused-ring (bicyclic) bond motifs is 1. The van der Waals surface area contributed by atoms with Crippen molar-refractivity contribution in [2.75, 3.05) is 25.8 Å². The first-order chi connectivity index (χ1) is 11.6. The summed E-state index contributed by atoms with van der Waals surface area (Å²) >= 11 is 1.31. The lowest BCUT2D eigenvalue weighted by atomic mass is 9.86. The predicted molar refractivity (Wildman–Crippen MR) is 91.3 cm³/mol. The third-order valence-corrected chi connectivity index (χ3v) is 4.52. The molecule has 1 aromatic heterocycles. The van der Waals surface area contributed by atoms with Crippen LogP contribution in [0, 0.1) is 0 Å². The topological polar surface area (TPSA) is 93.3 Å². The zero-order valence-corrected chi connectivity index (χ0v) is 14.3. The van der Waals surface area contributed by atoms with Gasteiger partial charge in [0.1, 0.15) is 17.3 Å². The molecule has 2 aromatic rings. The SMILES string of the molecule is COc1ccc(OC)c([C@@H]2CC(=O)Nc3nc(SC)[nH]c(=O)c32)c1. The molecule has 7 nitrogen and oxygen atoms in total. The van der Waals surface area contributed by atoms with E-state index in [1.165, 1.54) is 11.8 Å². The molecule has 8 heteroatoms. The van der Waals surface area contributed by atoms with Crippen molar-refractivity contribution in [2.45, 2.75) is 17.5 Å². The Bertz CT molecular complexity index is 850. The molecule has 2 heterocycles. The number of H-pyrrole nitrogens is 1. The molecule has 0 spiro atoms. The Morgan fingerprint density at radius 2 is 2.04 bits per heavy atom. The number of aromatic nitrogens is 2. The summed E-state index contributed by atoms with van der Waals surface area (Å²) in [4.78, 5) is 31.7. The van der Waals surface area contributed by atoms with Gasteiger partial charge in [-0.1, -0.05) is 11.8 Å². The van der Waals surface area contributed by atoms with Gasteiger partial charge in [-0.3, -0.25) is 9.59 Å². The molecular weight excluding hydrogens is 330 g/mol. The van der Waals surface area contributed by atoms with Crippen LogP contribution >= 0.6 is 11.8 Å². The molecule has 0 unspecified atom stereocenters. The number of thioether (sulfide) groups is 1. The van der Waals surface area contributed by atoms with Gasteiger partial charge in [0.25, 0.3) is 5.56 Å². The van der Waals surface area contributed by atoms with Crippen LogP contribution in [-0.2, 0) is 4.79 Å². The van der Waals surface area contributed by atoms with Crippen molar-refractivity contribution >= 4 is 23.5 Å². The van der Waals surface area contributed by atoms with Crippen molar-refractivity contribution < 1.29 is 14.3 Å². The third-order valence-electron chi connectivity index (χ3n) is 3.93. The number of benzene rings is 1. The number of hydrogen-bond donors (Lipinski definition) is 2. The average Bonchev–Trinajstić information content (AvgIpc) is 2.59. The van der Waals surface area contributed by atoms with E-state index in [1.807, 2.05) is 0 Å². The molecule has 1 amide bonds. The van der Waals surface area contributed by atoms with Crippen molar-refractivity contribution in [1.82, 2.24) is 9.97 Å². The summed E-state index contributed by atoms with van der Waals surface area (Å²) in [6, 6.07) is 5.32. The second-order valence-corrected chi connectivity index (χ2v) is 6.05. The van der Waals surface area contributed by atoms with E-state index in [0.29, 0.717) is 28.0 Å². The fourth-order valence-corrected chi connectivity index (χ4v) is 3.20. The van der Waals surface area contributed by atoms with Gasteiger partial charge in [0, 0.05) is 17.9 Å². The Morgan fingerprint density at radius 3 is 2.71 bits per heavy atom. The number of amides is 1. The number of carbonyl (C=O) groups excluding carboxylic acids is 1. The van der Waals surface area contributed by atoms with E-state index in [0.717, 1.165) is 5.56 Å². The molecule has 0 saturated heterocycles. The Morgan fingerprint density at radius 1 is 1.25 bits per heavy atom. The minimum atomic E-state index is -0.453. The maximum atomic E-state index is 12.6. The second-order valence-electron chi connectivity index (χ2n) is 5.25. The summed E-state index contributed by atoms with van der Waals surface area (Å²) in [5.74, 6) is 0.876. The first kappa shape index (κ1) is 16.4. The van der Waals surface area contributed by atoms with Gasteiger partial charge in [-0.25, -0.2) is 4.98 Å². The van der Waals surface area contributed by atoms with E-state index in [-0.39, 0.29) is 17.9 Å². The monoisotopic (exact) mass is 347 g/mol. The lowest BCUT2D eigenvalue weighted by Crippen LogP contribution is -2.31. The summed E-state index contributed by atoms with van der Waals surface area (Å²) in [5, 5.41) is 3.14. The summed E-state index contributed by atoms with van der Waals surface area (Å²) in [5.41, 5.74) is 0.885. The van der Waals surface area contributed by atoms with Gasteiger partial charge in [-0.2, -0.15) is 0 Å². The molecule has 1 aliphatic rings. The highest BCUT2D eigenvalue weighted by atomic mass is 32.2. The normalized spacial score (nSPS) is 16.3. The molecule has 24 heavy (non-hydrogen) atoms. The van der Waals surface area contributed by atoms with E-state index < -0.39 is 5.92 Å². The number of nitrogens with one attached hydrogen (secondary N) is 2. The van der Waals surface area contributed by atoms with Crippen LogP contribution in [0.3, 0.4) is 0 Å². The molecule has 0 fully saturated rings. The lowest BCUT2D eigenvalue weighted by Gasteiger charge is -2.26. The molecule has 1 atom stereocenters. The highest BCUT2D eigenvalue weighted by Crippen LogP contribution is 2.40. The molecule has 0 radical (unpaired) electrons. The highest BCUT2D eigenvalue weighted by molar-refractivity contribution is 7.98. The summed E-state index contributed by atoms with van der Waals surface area (Å²) < 4.78 is 10.7. The average molecular weight is 347 g/mol. The van der Waals surface area contributed by atoms with Crippen molar-refractivity contribution in [3.63, 3.8) is 0 Å². The Kier molecular flexibility index (Phi) is 4.48. The zero-order chi connectivity index (χ0) is 17.3. The van der Waals surface area contributed by atoms with E-state index in [2.05, 4.69) is 15.3 Å². The van der Waals surface area contributed by atoms with Crippen molar-refractivity contribution in [3.05, 3.63) is 39.7 Å². The van der Waals surface area contributed by atoms with Gasteiger partial charge >= 0.3 is 0 Å². The Balaban J connectivity index is 2.21. The first-order valence-corrected chi connectivity index (χ1v) is 8.49. The van der Waals surface area contributed by atoms with Crippen LogP contribution < -0.4 is 20.3 Å². The molecule has 0 aliphatic carbocycles. The summed E-state index contributed by atoms with van der Waals surface area (Å²) in [7, 11) is 3.11. The lowest BCUT2D eigenvalue weighted by molar-refractivity contribution is -0.116. The van der Waals surface area contributed by atoms with Crippen molar-refractivity contribution in [1.29, 1.82) is 0 Å². The second kappa shape index (κ2) is 6.56. The van der Waals surface area contributed by atoms with Crippen LogP contribution in [-0.4, -0.2) is 36.4 Å². The van der Waals surface area contributed by atoms with E-state index in [1.54, 1.807) is 38.7 Å². The number of carbonyl (C=O) groups is 1. The number of aromatic amines is 1. The number of rotatable bonds is 4. The summed E-state index contributed by atoms with van der Waals surface area (Å²) in [6.07, 6.45) is 1.94. The largest absolute Gasteiger partial charge is 0.497 e. The van der Waals surface area contributed by atoms with Gasteiger partial charge in [-0.15, -0.1) is 0 Å². The number of ether oxygens (including phenoxy) is 2. The summed E-state index contributed by atoms with van der Waals surface area (Å²) in [6.45, 7) is 0. The maximum Gasteiger partial charge on any atom is 0.257 e. The number of hydrogen-bond acceptors (Lipinski definition) is 6.